The van der Waals surface area contributed by atoms with E-state index in [9.17, 15) is 36.9 Å². The highest BCUT2D eigenvalue weighted by molar-refractivity contribution is 5.67. The summed E-state index contributed by atoms with van der Waals surface area (Å²) >= 11 is 0. The van der Waals surface area contributed by atoms with E-state index in [1.54, 1.807) is 80.2 Å². The van der Waals surface area contributed by atoms with Gasteiger partial charge in [-0.1, -0.05) is 30.3 Å². The molecule has 6 aromatic rings. The molecule has 0 N–H and O–H groups in total. The van der Waals surface area contributed by atoms with Crippen LogP contribution in [0, 0.1) is 22.7 Å². The highest BCUT2D eigenvalue weighted by atomic mass is 19.4. The molecule has 0 unspecified atom stereocenters. The number of aromatic nitrogens is 1. The first-order chi connectivity index (χ1) is 33.6. The Morgan fingerprint density at radius 2 is 1.03 bits per heavy atom. The monoisotopic (exact) mass is 957 g/mol. The number of hydrogen-bond donors (Lipinski definition) is 0. The van der Waals surface area contributed by atoms with E-state index in [1.807, 2.05) is 36.4 Å². The van der Waals surface area contributed by atoms with Crippen LogP contribution in [-0.2, 0) is 52.4 Å². The molecule has 0 bridgehead atoms. The molecule has 2 aliphatic rings. The summed E-state index contributed by atoms with van der Waals surface area (Å²) in [4.78, 5) is 8.88. The van der Waals surface area contributed by atoms with Crippen molar-refractivity contribution < 1.29 is 40.6 Å². The molecule has 70 heavy (non-hydrogen) atoms. The first-order valence-corrected chi connectivity index (χ1v) is 23.2. The van der Waals surface area contributed by atoms with E-state index in [2.05, 4.69) is 27.9 Å². The third-order valence-corrected chi connectivity index (χ3v) is 13.9. The van der Waals surface area contributed by atoms with E-state index < -0.39 is 34.3 Å². The Hall–Kier alpha value is -6.55. The summed E-state index contributed by atoms with van der Waals surface area (Å²) in [6, 6.07) is 35.2. The van der Waals surface area contributed by atoms with Crippen LogP contribution < -0.4 is 4.74 Å². The SMILES string of the molecule is COc1cc(CN2CCC(COCc3cc(-c4ccc(C#N)cc4)cc(C(F)(F)F)c3)(c3ccncc3)CC2)cc(C2(COCc3cc(-c4ccc(C#N)cc4)cc(C(F)(F)F)c3)CCN(C)CC2)c1. The maximum absolute atomic E-state index is 14.2. The highest BCUT2D eigenvalue weighted by Crippen LogP contribution is 2.41. The van der Waals surface area contributed by atoms with Crippen LogP contribution in [0.15, 0.2) is 128 Å². The number of likely N-dealkylation sites (tertiary alicyclic amines) is 2. The first-order valence-electron chi connectivity index (χ1n) is 23.2. The van der Waals surface area contributed by atoms with Crippen molar-refractivity contribution in [3.63, 3.8) is 0 Å². The van der Waals surface area contributed by atoms with Crippen LogP contribution in [0.1, 0.15) is 75.8 Å². The van der Waals surface area contributed by atoms with Gasteiger partial charge in [0.05, 0.1) is 67.9 Å². The number of alkyl halides is 6. The maximum Gasteiger partial charge on any atom is 0.416 e. The van der Waals surface area contributed by atoms with Crippen molar-refractivity contribution in [2.75, 3.05) is 53.6 Å². The number of halogens is 6. The van der Waals surface area contributed by atoms with Crippen LogP contribution in [0.5, 0.6) is 5.75 Å². The Morgan fingerprint density at radius 1 is 0.557 bits per heavy atom. The second-order valence-corrected chi connectivity index (χ2v) is 18.6. The Bertz CT molecular complexity index is 2820. The number of piperidine rings is 2. The molecule has 2 fully saturated rings. The molecule has 0 saturated carbocycles. The van der Waals surface area contributed by atoms with Gasteiger partial charge < -0.3 is 19.1 Å². The van der Waals surface area contributed by atoms with Crippen LogP contribution in [0.25, 0.3) is 22.3 Å². The highest BCUT2D eigenvalue weighted by Gasteiger charge is 2.39. The lowest BCUT2D eigenvalue weighted by Crippen LogP contribution is -2.45. The lowest BCUT2D eigenvalue weighted by molar-refractivity contribution is -0.138. The van der Waals surface area contributed by atoms with Crippen LogP contribution >= 0.6 is 0 Å². The number of nitrogens with zero attached hydrogens (tertiary/aromatic N) is 5. The Labute approximate surface area is 404 Å². The van der Waals surface area contributed by atoms with Gasteiger partial charge in [0.25, 0.3) is 0 Å². The molecule has 1 aromatic heterocycles. The van der Waals surface area contributed by atoms with E-state index in [-0.39, 0.29) is 26.4 Å². The number of methoxy groups -OCH3 is 1. The zero-order chi connectivity index (χ0) is 49.5. The molecule has 0 radical (unpaired) electrons. The second-order valence-electron chi connectivity index (χ2n) is 18.6. The zero-order valence-electron chi connectivity index (χ0n) is 39.0. The van der Waals surface area contributed by atoms with Gasteiger partial charge in [-0.25, -0.2) is 0 Å². The second kappa shape index (κ2) is 21.2. The van der Waals surface area contributed by atoms with Gasteiger partial charge in [0, 0.05) is 29.8 Å². The predicted molar refractivity (Wildman–Crippen MR) is 254 cm³/mol. The van der Waals surface area contributed by atoms with Crippen LogP contribution in [-0.4, -0.2) is 68.3 Å². The van der Waals surface area contributed by atoms with Crippen LogP contribution in [0.4, 0.5) is 26.3 Å². The summed E-state index contributed by atoms with van der Waals surface area (Å²) in [5, 5.41) is 18.5. The van der Waals surface area contributed by atoms with Gasteiger partial charge in [-0.05, 0) is 194 Å². The molecule has 8 nitrogen and oxygen atoms in total. The number of nitriles is 2. The third-order valence-electron chi connectivity index (χ3n) is 13.9. The summed E-state index contributed by atoms with van der Waals surface area (Å²) in [6.45, 7) is 4.17. The first kappa shape index (κ1) is 49.9. The van der Waals surface area contributed by atoms with Gasteiger partial charge in [-0.3, -0.25) is 9.88 Å². The standard InChI is InChI=1S/C56H53F6N5O3/c1-66-19-13-54(14-20-66,38-70-36-43-24-47(30-51(27-43)56(60,61)62)45-9-5-40(33-64)6-10-45)49-25-41(28-52(31-49)68-2)34-67-21-15-53(16-22-67,48-11-17-65-18-12-48)37-69-35-42-23-46(29-50(26-42)55(57,58)59)44-7-3-39(32-63)4-8-44/h3-12,17-18,23-31H,13-16,19-22,34-38H2,1-2H3. The fraction of sp³-hybridized carbons (Fsp3) is 0.339. The van der Waals surface area contributed by atoms with E-state index >= 15 is 0 Å². The fourth-order valence-electron chi connectivity index (χ4n) is 9.77. The fourth-order valence-corrected chi connectivity index (χ4v) is 9.77. The molecule has 0 amide bonds. The number of rotatable bonds is 15. The molecular weight excluding hydrogens is 905 g/mol. The third kappa shape index (κ3) is 11.9. The van der Waals surface area contributed by atoms with Crippen molar-refractivity contribution in [3.8, 4) is 40.1 Å². The largest absolute Gasteiger partial charge is 0.497 e. The molecule has 3 heterocycles. The van der Waals surface area contributed by atoms with Gasteiger partial charge >= 0.3 is 12.4 Å². The van der Waals surface area contributed by atoms with Gasteiger partial charge in [0.2, 0.25) is 0 Å². The van der Waals surface area contributed by atoms with Crippen LogP contribution in [0.2, 0.25) is 0 Å². The van der Waals surface area contributed by atoms with Gasteiger partial charge in [0.15, 0.2) is 0 Å². The van der Waals surface area contributed by atoms with Crippen LogP contribution in [0.3, 0.4) is 0 Å². The molecule has 2 aliphatic heterocycles. The normalized spacial score (nSPS) is 16.3. The zero-order valence-corrected chi connectivity index (χ0v) is 39.0. The number of ether oxygens (including phenoxy) is 3. The van der Waals surface area contributed by atoms with Gasteiger partial charge in [-0.15, -0.1) is 0 Å². The molecule has 5 aromatic carbocycles. The van der Waals surface area contributed by atoms with Crippen molar-refractivity contribution in [1.82, 2.24) is 14.8 Å². The molecular formula is C56H53F6N5O3. The Kier molecular flexibility index (Phi) is 15.1. The topological polar surface area (TPSA) is 94.6 Å². The summed E-state index contributed by atoms with van der Waals surface area (Å²) in [5.41, 5.74) is 4.26. The van der Waals surface area contributed by atoms with Crippen molar-refractivity contribution >= 4 is 0 Å². The maximum atomic E-state index is 14.2. The number of pyridine rings is 1. The molecule has 2 saturated heterocycles. The predicted octanol–water partition coefficient (Wildman–Crippen LogP) is 12.1. The van der Waals surface area contributed by atoms with Gasteiger partial charge in [0.1, 0.15) is 5.75 Å². The Balaban J connectivity index is 0.977. The Morgan fingerprint density at radius 3 is 1.49 bits per heavy atom. The van der Waals surface area contributed by atoms with Crippen molar-refractivity contribution in [2.24, 2.45) is 0 Å². The lowest BCUT2D eigenvalue weighted by Gasteiger charge is -2.43. The molecule has 14 heteroatoms. The minimum Gasteiger partial charge on any atom is -0.497 e. The molecule has 0 spiro atoms. The minimum absolute atomic E-state index is 0.0298. The summed E-state index contributed by atoms with van der Waals surface area (Å²) in [6.07, 6.45) is -2.66. The summed E-state index contributed by atoms with van der Waals surface area (Å²) in [7, 11) is 3.71. The van der Waals surface area contributed by atoms with Crippen molar-refractivity contribution in [1.29, 1.82) is 10.5 Å². The number of benzene rings is 5. The summed E-state index contributed by atoms with van der Waals surface area (Å²) < 4.78 is 104. The van der Waals surface area contributed by atoms with E-state index in [4.69, 9.17) is 14.2 Å². The van der Waals surface area contributed by atoms with E-state index in [0.717, 1.165) is 79.7 Å². The molecule has 8 rings (SSSR count). The number of hydrogen-bond acceptors (Lipinski definition) is 8. The minimum atomic E-state index is -4.57. The quantitative estimate of drug-likeness (QED) is 0.0940. The molecule has 362 valence electrons. The van der Waals surface area contributed by atoms with Crippen molar-refractivity contribution in [2.45, 2.75) is 68.6 Å². The molecule has 0 atom stereocenters. The smallest absolute Gasteiger partial charge is 0.416 e. The average Bonchev–Trinajstić information content (AvgIpc) is 3.37. The van der Waals surface area contributed by atoms with Crippen molar-refractivity contribution in [3.05, 3.63) is 178 Å². The average molecular weight is 958 g/mol. The van der Waals surface area contributed by atoms with Gasteiger partial charge in [-0.2, -0.15) is 36.9 Å². The summed E-state index contributed by atoms with van der Waals surface area (Å²) in [5.74, 6) is 0.698. The van der Waals surface area contributed by atoms with E-state index in [0.29, 0.717) is 69.9 Å². The van der Waals surface area contributed by atoms with E-state index in [1.165, 1.54) is 0 Å². The lowest BCUT2D eigenvalue weighted by atomic mass is 9.72. The molecule has 0 aliphatic carbocycles.